The van der Waals surface area contributed by atoms with E-state index in [0.717, 1.165) is 45.0 Å². The Kier molecular flexibility index (Phi) is 5.57. The van der Waals surface area contributed by atoms with Crippen LogP contribution in [-0.4, -0.2) is 63.7 Å². The number of aromatic nitrogens is 2. The van der Waals surface area contributed by atoms with E-state index in [4.69, 9.17) is 0 Å². The molecular weight excluding hydrogens is 252 g/mol. The Hall–Kier alpha value is -0.910. The first-order chi connectivity index (χ1) is 9.58. The van der Waals surface area contributed by atoms with Crippen molar-refractivity contribution in [3.8, 4) is 0 Å². The highest BCUT2D eigenvalue weighted by Gasteiger charge is 2.27. The van der Waals surface area contributed by atoms with Crippen LogP contribution in [0, 0.1) is 12.8 Å². The Morgan fingerprint density at radius 3 is 2.85 bits per heavy atom. The second-order valence-electron chi connectivity index (χ2n) is 6.28. The van der Waals surface area contributed by atoms with Gasteiger partial charge in [-0.25, -0.2) is 4.98 Å². The molecule has 0 radical (unpaired) electrons. The van der Waals surface area contributed by atoms with Gasteiger partial charge < -0.3 is 10.1 Å². The number of H-pyrrole nitrogens is 1. The van der Waals surface area contributed by atoms with Crippen LogP contribution in [0.25, 0.3) is 0 Å². The number of aryl methyl sites for hydroxylation is 1. The van der Waals surface area contributed by atoms with Crippen molar-refractivity contribution in [2.45, 2.75) is 39.8 Å². The van der Waals surface area contributed by atoms with Gasteiger partial charge in [-0.2, -0.15) is 0 Å². The maximum Gasteiger partial charge on any atom is 0.103 e. The number of imidazole rings is 1. The second-order valence-corrected chi connectivity index (χ2v) is 6.28. The molecule has 1 aromatic heterocycles. The van der Waals surface area contributed by atoms with Crippen molar-refractivity contribution in [3.63, 3.8) is 0 Å². The smallest absolute Gasteiger partial charge is 0.103 e. The molecule has 1 saturated heterocycles. The molecule has 1 aromatic rings. The Morgan fingerprint density at radius 1 is 1.45 bits per heavy atom. The van der Waals surface area contributed by atoms with Crippen LogP contribution in [0.3, 0.4) is 0 Å². The number of nitrogens with zero attached hydrogens (tertiary/aromatic N) is 3. The topological polar surface area (TPSA) is 55.4 Å². The quantitative estimate of drug-likeness (QED) is 0.823. The summed E-state index contributed by atoms with van der Waals surface area (Å²) in [6, 6.07) is 0.472. The zero-order valence-corrected chi connectivity index (χ0v) is 13.0. The number of hydrogen-bond acceptors (Lipinski definition) is 4. The molecule has 0 aromatic carbocycles. The van der Waals surface area contributed by atoms with E-state index in [-0.39, 0.29) is 6.61 Å². The summed E-state index contributed by atoms with van der Waals surface area (Å²) >= 11 is 0. The number of hydrogen-bond donors (Lipinski definition) is 2. The first-order valence-electron chi connectivity index (χ1n) is 7.66. The van der Waals surface area contributed by atoms with Crippen LogP contribution >= 0.6 is 0 Å². The second kappa shape index (κ2) is 7.20. The molecule has 2 heterocycles. The predicted octanol–water partition coefficient (Wildman–Crippen LogP) is 1.24. The first-order valence-corrected chi connectivity index (χ1v) is 7.66. The van der Waals surface area contributed by atoms with Crippen molar-refractivity contribution in [2.24, 2.45) is 5.92 Å². The average Bonchev–Trinajstić information content (AvgIpc) is 2.78. The number of rotatable bonds is 6. The average molecular weight is 280 g/mol. The lowest BCUT2D eigenvalue weighted by Gasteiger charge is -2.42. The standard InChI is InChI=1S/C15H28N4O/c1-12(2)9-19-6-5-18(11-15(19)4-7-20)10-14-8-16-13(3)17-14/h8,12,15,20H,4-7,9-11H2,1-3H3,(H,16,17)/t15-/m1/s1. The number of piperazine rings is 1. The molecule has 1 atom stereocenters. The fourth-order valence-electron chi connectivity index (χ4n) is 3.03. The van der Waals surface area contributed by atoms with Crippen LogP contribution in [-0.2, 0) is 6.54 Å². The minimum Gasteiger partial charge on any atom is -0.396 e. The van der Waals surface area contributed by atoms with E-state index >= 15 is 0 Å². The van der Waals surface area contributed by atoms with Gasteiger partial charge in [-0.3, -0.25) is 9.80 Å². The van der Waals surface area contributed by atoms with Crippen molar-refractivity contribution in [2.75, 3.05) is 32.8 Å². The summed E-state index contributed by atoms with van der Waals surface area (Å²) in [5.74, 6) is 1.66. The zero-order valence-electron chi connectivity index (χ0n) is 13.0. The highest BCUT2D eigenvalue weighted by molar-refractivity contribution is 5.00. The summed E-state index contributed by atoms with van der Waals surface area (Å²) in [6.07, 6.45) is 2.79. The van der Waals surface area contributed by atoms with Gasteiger partial charge in [-0.05, 0) is 19.3 Å². The van der Waals surface area contributed by atoms with Gasteiger partial charge >= 0.3 is 0 Å². The fraction of sp³-hybridized carbons (Fsp3) is 0.800. The summed E-state index contributed by atoms with van der Waals surface area (Å²) < 4.78 is 0. The molecule has 0 bridgehead atoms. The van der Waals surface area contributed by atoms with E-state index in [0.29, 0.717) is 12.0 Å². The zero-order chi connectivity index (χ0) is 14.5. The van der Waals surface area contributed by atoms with Crippen molar-refractivity contribution >= 4 is 0 Å². The van der Waals surface area contributed by atoms with E-state index in [9.17, 15) is 5.11 Å². The minimum absolute atomic E-state index is 0.274. The monoisotopic (exact) mass is 280 g/mol. The normalized spacial score (nSPS) is 21.8. The molecular formula is C15H28N4O. The van der Waals surface area contributed by atoms with Gasteiger partial charge in [-0.1, -0.05) is 13.8 Å². The molecule has 20 heavy (non-hydrogen) atoms. The number of aromatic amines is 1. The van der Waals surface area contributed by atoms with Crippen LogP contribution in [0.2, 0.25) is 0 Å². The lowest BCUT2D eigenvalue weighted by molar-refractivity contribution is 0.0472. The Bertz CT molecular complexity index is 404. The number of aliphatic hydroxyl groups excluding tert-OH is 1. The van der Waals surface area contributed by atoms with Crippen molar-refractivity contribution in [1.29, 1.82) is 0 Å². The van der Waals surface area contributed by atoms with Crippen molar-refractivity contribution in [3.05, 3.63) is 17.7 Å². The highest BCUT2D eigenvalue weighted by atomic mass is 16.3. The molecule has 2 N–H and O–H groups in total. The van der Waals surface area contributed by atoms with E-state index in [1.807, 2.05) is 13.1 Å². The van der Waals surface area contributed by atoms with Crippen LogP contribution < -0.4 is 0 Å². The molecule has 0 aliphatic carbocycles. The summed E-state index contributed by atoms with van der Waals surface area (Å²) in [4.78, 5) is 12.6. The molecule has 0 amide bonds. The maximum absolute atomic E-state index is 9.29. The Morgan fingerprint density at radius 2 is 2.25 bits per heavy atom. The number of nitrogens with one attached hydrogen (secondary N) is 1. The predicted molar refractivity (Wildman–Crippen MR) is 80.5 cm³/mol. The molecule has 1 fully saturated rings. The molecule has 5 heteroatoms. The Balaban J connectivity index is 1.91. The van der Waals surface area contributed by atoms with Crippen LogP contribution in [0.1, 0.15) is 31.8 Å². The van der Waals surface area contributed by atoms with E-state index in [1.165, 1.54) is 5.69 Å². The summed E-state index contributed by atoms with van der Waals surface area (Å²) in [5.41, 5.74) is 1.18. The third-order valence-corrected chi connectivity index (χ3v) is 3.90. The van der Waals surface area contributed by atoms with Gasteiger partial charge in [-0.15, -0.1) is 0 Å². The van der Waals surface area contributed by atoms with Crippen LogP contribution in [0.4, 0.5) is 0 Å². The van der Waals surface area contributed by atoms with Gasteiger partial charge in [0.25, 0.3) is 0 Å². The van der Waals surface area contributed by atoms with Crippen LogP contribution in [0.15, 0.2) is 6.20 Å². The summed E-state index contributed by atoms with van der Waals surface area (Å²) in [7, 11) is 0. The van der Waals surface area contributed by atoms with Crippen molar-refractivity contribution in [1.82, 2.24) is 19.8 Å². The van der Waals surface area contributed by atoms with Crippen molar-refractivity contribution < 1.29 is 5.11 Å². The van der Waals surface area contributed by atoms with Gasteiger partial charge in [0, 0.05) is 57.3 Å². The maximum atomic E-state index is 9.29. The molecule has 1 aliphatic rings. The minimum atomic E-state index is 0.274. The van der Waals surface area contributed by atoms with Gasteiger partial charge in [0.2, 0.25) is 0 Å². The Labute approximate surface area is 122 Å². The van der Waals surface area contributed by atoms with E-state index < -0.39 is 0 Å². The summed E-state index contributed by atoms with van der Waals surface area (Å²) in [5, 5.41) is 9.29. The third kappa shape index (κ3) is 4.30. The molecule has 1 aliphatic heterocycles. The van der Waals surface area contributed by atoms with Gasteiger partial charge in [0.1, 0.15) is 5.82 Å². The molecule has 2 rings (SSSR count). The lowest BCUT2D eigenvalue weighted by atomic mass is 10.1. The largest absolute Gasteiger partial charge is 0.396 e. The molecule has 0 saturated carbocycles. The SMILES string of the molecule is Cc1ncc(CN2CCN(CC(C)C)[C@H](CCO)C2)[nH]1. The first kappa shape index (κ1) is 15.5. The molecule has 0 unspecified atom stereocenters. The third-order valence-electron chi connectivity index (χ3n) is 3.90. The van der Waals surface area contributed by atoms with Crippen LogP contribution in [0.5, 0.6) is 0 Å². The number of aliphatic hydroxyl groups is 1. The highest BCUT2D eigenvalue weighted by Crippen LogP contribution is 2.16. The molecule has 0 spiro atoms. The lowest BCUT2D eigenvalue weighted by Crippen LogP contribution is -2.53. The molecule has 114 valence electrons. The fourth-order valence-corrected chi connectivity index (χ4v) is 3.03. The van der Waals surface area contributed by atoms with Gasteiger partial charge in [0.15, 0.2) is 0 Å². The van der Waals surface area contributed by atoms with E-state index in [1.54, 1.807) is 0 Å². The van der Waals surface area contributed by atoms with E-state index in [2.05, 4.69) is 33.6 Å². The molecule has 5 nitrogen and oxygen atoms in total. The van der Waals surface area contributed by atoms with Gasteiger partial charge in [0.05, 0.1) is 0 Å². The summed E-state index contributed by atoms with van der Waals surface area (Å²) in [6.45, 7) is 12.1.